The molecule has 0 fully saturated rings. The molecule has 0 unspecified atom stereocenters. The van der Waals surface area contributed by atoms with E-state index < -0.39 is 75.4 Å². The zero-order chi connectivity index (χ0) is 128. The quantitative estimate of drug-likeness (QED) is 0.0912. The number of benzene rings is 15. The minimum atomic E-state index is -2.53. The van der Waals surface area contributed by atoms with Crippen molar-refractivity contribution in [2.45, 2.75) is 124 Å². The summed E-state index contributed by atoms with van der Waals surface area (Å²) in [5.41, 5.74) is 29.7. The van der Waals surface area contributed by atoms with Gasteiger partial charge in [-0.25, -0.2) is 22.8 Å². The molecule has 0 bridgehead atoms. The van der Waals surface area contributed by atoms with Crippen molar-refractivity contribution in [2.75, 3.05) is 0 Å². The van der Waals surface area contributed by atoms with Crippen molar-refractivity contribution < 1.29 is 68.1 Å². The molecule has 0 radical (unpaired) electrons. The van der Waals surface area contributed by atoms with Gasteiger partial charge in [-0.2, -0.15) is 0 Å². The number of rotatable bonds is 15. The van der Waals surface area contributed by atoms with Crippen LogP contribution in [0.2, 0.25) is 0 Å². The maximum absolute atomic E-state index is 8.15. The lowest BCUT2D eigenvalue weighted by molar-refractivity contribution is -0.660. The second-order valence-electron chi connectivity index (χ2n) is 36.4. The molecule has 143 heavy (non-hydrogen) atoms. The Morgan fingerprint density at radius 2 is 0.371 bits per heavy atom. The SMILES string of the molecule is [2H]C([2H])([2H])c1cc(C)c(-c2cc(-c3c(C([2H])([2H])[2H])cc(C)cc3C([2H])([2H])[2H])cc[n+]2C)cc1-c1ccccc1.[2H]C([2H])([2H])c1cc(C)c(-c2cc(-c3c(C([2H])([2H])[2H])cccc3C([2H])([2H])[2H])cc[n+]2C)cc1-c1ccccc1.[2H]C([2H])([2H])c1cc(C)c(-c2cc(-c3ccccc3)cc[n+]2C)cc1-c1ccccc1.[2H]C([2H])([2H])c1cc(C)ccc1-c1cc[n+](C)c(-c2cc(-c3ccccc3)c(C([2H])([2H])[2H])cc2C)c1.[2H]C([2H])([2H])c1ccccc1-c1cc[n+](C)c(-c2cc(-c3ccccc3)c(C([2H])([2H])[2H])cc2C)c1. The molecule has 0 aliphatic heterocycles. The van der Waals surface area contributed by atoms with Crippen LogP contribution in [0, 0.1) is 124 Å². The van der Waals surface area contributed by atoms with Crippen molar-refractivity contribution in [3.05, 3.63) is 507 Å². The Balaban J connectivity index is 0.000000153. The highest BCUT2D eigenvalue weighted by atomic mass is 14.9. The Morgan fingerprint density at radius 3 is 0.678 bits per heavy atom. The van der Waals surface area contributed by atoms with Gasteiger partial charge in [0.25, 0.3) is 0 Å². The second kappa shape index (κ2) is 44.7. The molecule has 20 rings (SSSR count). The Morgan fingerprint density at radius 1 is 0.140 bits per heavy atom. The monoisotopic (exact) mass is 1900 g/mol. The van der Waals surface area contributed by atoms with E-state index in [1.165, 1.54) is 30.3 Å². The van der Waals surface area contributed by atoms with Crippen LogP contribution in [0.4, 0.5) is 0 Å². The first-order chi connectivity index (χ1) is 82.2. The van der Waals surface area contributed by atoms with Gasteiger partial charge in [-0.3, -0.25) is 0 Å². The van der Waals surface area contributed by atoms with Crippen LogP contribution in [0.1, 0.15) is 145 Å². The maximum atomic E-state index is 8.15. The number of aromatic nitrogens is 5. The number of aryl methyl sites for hydroxylation is 23. The van der Waals surface area contributed by atoms with Gasteiger partial charge in [-0.15, -0.1) is 0 Å². The maximum Gasteiger partial charge on any atom is 0.213 e. The Bertz CT molecular complexity index is 9350. The van der Waals surface area contributed by atoms with Gasteiger partial charge in [0.1, 0.15) is 35.2 Å². The Kier molecular flexibility index (Phi) is 20.6. The van der Waals surface area contributed by atoms with Crippen molar-refractivity contribution in [1.82, 2.24) is 0 Å². The van der Waals surface area contributed by atoms with E-state index in [2.05, 4.69) is 35.0 Å². The molecule has 15 aromatic carbocycles. The molecule has 0 saturated heterocycles. The predicted octanol–water partition coefficient (Wildman–Crippen LogP) is 33.1. The minimum absolute atomic E-state index is 0.0205. The first-order valence-corrected chi connectivity index (χ1v) is 47.3. The lowest BCUT2D eigenvalue weighted by Crippen LogP contribution is -2.30. The van der Waals surface area contributed by atoms with Gasteiger partial charge in [-0.1, -0.05) is 296 Å². The summed E-state index contributed by atoms with van der Waals surface area (Å²) in [6.07, 6.45) is 9.38. The first kappa shape index (κ1) is 65.9. The molecule has 20 aromatic rings. The van der Waals surface area contributed by atoms with E-state index in [0.717, 1.165) is 134 Å². The molecule has 5 nitrogen and oxygen atoms in total. The summed E-state index contributed by atoms with van der Waals surface area (Å²) in [4.78, 5) is 0. The molecule has 0 aliphatic carbocycles. The van der Waals surface area contributed by atoms with Crippen LogP contribution in [0.25, 0.3) is 168 Å². The molecule has 0 amide bonds. The topological polar surface area (TPSA) is 19.4 Å². The highest BCUT2D eigenvalue weighted by Crippen LogP contribution is 2.42. The fourth-order valence-electron chi connectivity index (χ4n) is 18.5. The average Bonchev–Trinajstić information content (AvgIpc) is 0.747. The molecule has 0 N–H and O–H groups in total. The smallest absolute Gasteiger partial charge is 0.201 e. The van der Waals surface area contributed by atoms with Crippen molar-refractivity contribution in [2.24, 2.45) is 35.2 Å². The molecule has 708 valence electrons. The fourth-order valence-corrected chi connectivity index (χ4v) is 18.5. The van der Waals surface area contributed by atoms with E-state index in [0.29, 0.717) is 89.3 Å². The summed E-state index contributed by atoms with van der Waals surface area (Å²) < 4.78 is 276. The van der Waals surface area contributed by atoms with Crippen molar-refractivity contribution in [3.8, 4) is 168 Å². The minimum Gasteiger partial charge on any atom is -0.201 e. The van der Waals surface area contributed by atoms with Crippen molar-refractivity contribution in [3.63, 3.8) is 0 Å². The van der Waals surface area contributed by atoms with Crippen LogP contribution >= 0.6 is 0 Å². The predicted molar refractivity (Wildman–Crippen MR) is 605 cm³/mol. The number of hydrogen-bond acceptors (Lipinski definition) is 0. The fraction of sp³-hybridized carbons (Fsp3) is 0.167. The molecule has 5 heterocycles. The third-order valence-corrected chi connectivity index (χ3v) is 26.1. The third kappa shape index (κ3) is 22.9. The van der Waals surface area contributed by atoms with Crippen LogP contribution in [0.5, 0.6) is 0 Å². The van der Waals surface area contributed by atoms with Crippen LogP contribution < -0.4 is 22.8 Å². The summed E-state index contributed by atoms with van der Waals surface area (Å²) >= 11 is 0. The van der Waals surface area contributed by atoms with Gasteiger partial charge in [0.2, 0.25) is 28.5 Å². The Labute approximate surface area is 897 Å². The summed E-state index contributed by atoms with van der Waals surface area (Å²) in [5.74, 6) is 0. The second-order valence-corrected chi connectivity index (χ2v) is 36.4. The lowest BCUT2D eigenvalue weighted by atomic mass is 9.91. The van der Waals surface area contributed by atoms with Gasteiger partial charge < -0.3 is 0 Å². The van der Waals surface area contributed by atoms with Crippen LogP contribution in [-0.4, -0.2) is 0 Å². The zero-order valence-electron chi connectivity index (χ0n) is 115. The third-order valence-electron chi connectivity index (χ3n) is 26.1. The van der Waals surface area contributed by atoms with Crippen LogP contribution in [-0.2, 0) is 35.2 Å². The van der Waals surface area contributed by atoms with E-state index in [-0.39, 0.29) is 44.5 Å². The van der Waals surface area contributed by atoms with Gasteiger partial charge in [0, 0.05) is 134 Å². The highest BCUT2D eigenvalue weighted by molar-refractivity contribution is 5.86. The molecule has 0 spiro atoms. The summed E-state index contributed by atoms with van der Waals surface area (Å²) in [5, 5.41) is 0. The van der Waals surface area contributed by atoms with Crippen LogP contribution in [0.3, 0.4) is 0 Å². The standard InChI is InChI=1S/C29H30N.2C28H28N.C27H26N.C26H24N/c1-19-14-22(4)29(23(5)15-19)25-12-13-30(6)28(17-25)27-18-26(20(2)16-21(27)3)24-10-8-7-9-11-24;1-19-10-9-11-20(2)28(19)24-14-15-29(5)27(17-24)26-18-25(21(3)16-22(26)4)23-12-7-6-8-13-23;1-19-11-12-25(20(2)15-19)24-13-14-29(5)28(17-24)27-18-26(21(3)16-22(27)4)23-9-7-6-8-10-23;1-19-10-8-9-13-24(19)23-14-15-28(4)27(17-23)26-18-25(20(2)16-21(26)3)22-11-6-5-7-12-22;1-19-16-20(2)25(18-24(19)22-12-8-5-9-13-22)26-17-23(14-15-27(26)3)21-10-6-4-7-11-21/h7-18H,1-6H3;2*6-18H,1-5H3;5-18H,1-4H3;4-18H,1-3H3/q5*+1/i2D3,4D3,5D3;1D3,2D3,3D3;2D3,3D3;1D3,2D3;1D3. The van der Waals surface area contributed by atoms with Gasteiger partial charge in [0.05, 0.1) is 0 Å². The van der Waals surface area contributed by atoms with Gasteiger partial charge >= 0.3 is 0 Å². The van der Waals surface area contributed by atoms with E-state index in [9.17, 15) is 0 Å². The van der Waals surface area contributed by atoms with E-state index >= 15 is 0 Å². The molecule has 0 aliphatic rings. The van der Waals surface area contributed by atoms with E-state index in [1.54, 1.807) is 86.0 Å². The van der Waals surface area contributed by atoms with Gasteiger partial charge in [-0.05, 0) is 354 Å². The van der Waals surface area contributed by atoms with E-state index in [4.69, 9.17) is 45.2 Å². The largest absolute Gasteiger partial charge is 0.213 e. The zero-order valence-corrected chi connectivity index (χ0v) is 82.4. The van der Waals surface area contributed by atoms with Crippen LogP contribution in [0.15, 0.2) is 407 Å². The molecule has 0 atom stereocenters. The number of pyridine rings is 5. The first-order valence-electron chi connectivity index (χ1n) is 63.8. The number of nitrogens with zero attached hydrogens (tertiary/aromatic N) is 5. The summed E-state index contributed by atoms with van der Waals surface area (Å²) in [6.45, 7) is -12.9. The summed E-state index contributed by atoms with van der Waals surface area (Å²) in [6, 6.07) is 115. The normalized spacial score (nSPS) is 15.3. The molecule has 5 aromatic heterocycles. The highest BCUT2D eigenvalue weighted by Gasteiger charge is 2.26. The van der Waals surface area contributed by atoms with E-state index in [1.807, 2.05) is 362 Å². The molecular formula is C138H136N5+5. The van der Waals surface area contributed by atoms with Crippen molar-refractivity contribution >= 4 is 0 Å². The number of hydrogen-bond donors (Lipinski definition) is 0. The molecule has 5 heteroatoms. The lowest BCUT2D eigenvalue weighted by Gasteiger charge is -2.14. The molecule has 0 saturated carbocycles. The van der Waals surface area contributed by atoms with Gasteiger partial charge in [0.15, 0.2) is 31.0 Å². The Hall–Kier alpha value is -16.0. The summed E-state index contributed by atoms with van der Waals surface area (Å²) in [7, 11) is 9.54. The average molecular weight is 1900 g/mol. The van der Waals surface area contributed by atoms with Crippen molar-refractivity contribution in [1.29, 1.82) is 0 Å². The molecular weight excluding hydrogens is 1730 g/mol.